The normalized spacial score (nSPS) is 11.1. The lowest BCUT2D eigenvalue weighted by Gasteiger charge is -2.19. The maximum Gasteiger partial charge on any atom is 0.333 e. The maximum atomic E-state index is 10.8. The molecule has 3 heteroatoms. The lowest BCUT2D eigenvalue weighted by molar-refractivity contribution is -0.149. The Morgan fingerprint density at radius 2 is 1.71 bits per heavy atom. The molecule has 0 aliphatic heterocycles. The van der Waals surface area contributed by atoms with Crippen LogP contribution in [0.15, 0.2) is 73.3 Å². The molecule has 0 unspecified atom stereocenters. The van der Waals surface area contributed by atoms with Crippen LogP contribution >= 0.6 is 0 Å². The summed E-state index contributed by atoms with van der Waals surface area (Å²) in [5.74, 6) is -0.0417. The summed E-state index contributed by atoms with van der Waals surface area (Å²) in [4.78, 5) is 10.8. The molecule has 0 fully saturated rings. The van der Waals surface area contributed by atoms with Crippen molar-refractivity contribution in [3.05, 3.63) is 90.0 Å². The van der Waals surface area contributed by atoms with Gasteiger partial charge in [0.15, 0.2) is 0 Å². The number of allylic oxidation sites excluding steroid dienone is 1. The molecule has 2 aromatic rings. The third kappa shape index (κ3) is 8.54. The molecule has 2 aromatic carbocycles. The standard InChI is InChI=1S/C9H8.C8H14O2.C8H8O/c1-2-5-9-7-3-6-8(9)4-1;1-6(2)7(9)10-8(3,4)5;1-2-7-5-3-4-6-8(7)9/h1-6H,7H2;1H2,2-5H3;2-6,9H,1H2. The van der Waals surface area contributed by atoms with Crippen molar-refractivity contribution in [1.82, 2.24) is 0 Å². The molecule has 0 heterocycles. The molecular weight excluding hydrogens is 348 g/mol. The number of hydrogen-bond acceptors (Lipinski definition) is 3. The van der Waals surface area contributed by atoms with E-state index in [9.17, 15) is 4.79 Å². The van der Waals surface area contributed by atoms with E-state index in [4.69, 9.17) is 9.84 Å². The molecule has 0 radical (unpaired) electrons. The molecule has 148 valence electrons. The molecule has 28 heavy (non-hydrogen) atoms. The fourth-order valence-electron chi connectivity index (χ4n) is 2.22. The second kappa shape index (κ2) is 10.9. The summed E-state index contributed by atoms with van der Waals surface area (Å²) in [5, 5.41) is 9.04. The number of para-hydroxylation sites is 1. The lowest BCUT2D eigenvalue weighted by Crippen LogP contribution is -2.23. The molecule has 0 bridgehead atoms. The Hall–Kier alpha value is -3.07. The summed E-state index contributed by atoms with van der Waals surface area (Å²) >= 11 is 0. The van der Waals surface area contributed by atoms with Crippen LogP contribution in [0.5, 0.6) is 5.75 Å². The van der Waals surface area contributed by atoms with Gasteiger partial charge in [-0.15, -0.1) is 0 Å². The highest BCUT2D eigenvalue weighted by molar-refractivity contribution is 5.87. The first kappa shape index (κ1) is 23.0. The molecule has 1 N–H and O–H groups in total. The summed E-state index contributed by atoms with van der Waals surface area (Å²) in [7, 11) is 0. The summed E-state index contributed by atoms with van der Waals surface area (Å²) in [6.45, 7) is 14.1. The van der Waals surface area contributed by atoms with E-state index in [1.54, 1.807) is 25.1 Å². The molecule has 0 amide bonds. The number of carbonyl (C=O) groups is 1. The smallest absolute Gasteiger partial charge is 0.333 e. The minimum atomic E-state index is -0.407. The van der Waals surface area contributed by atoms with Crippen LogP contribution in [-0.2, 0) is 16.0 Å². The Morgan fingerprint density at radius 1 is 1.11 bits per heavy atom. The summed E-state index contributed by atoms with van der Waals surface area (Å²) in [5.41, 5.74) is 3.65. The van der Waals surface area contributed by atoms with Crippen molar-refractivity contribution >= 4 is 18.1 Å². The summed E-state index contributed by atoms with van der Waals surface area (Å²) in [6.07, 6.45) is 7.12. The van der Waals surface area contributed by atoms with Crippen molar-refractivity contribution in [1.29, 1.82) is 0 Å². The number of aromatic hydroxyl groups is 1. The molecule has 1 aliphatic carbocycles. The van der Waals surface area contributed by atoms with Gasteiger partial charge in [-0.2, -0.15) is 0 Å². The quantitative estimate of drug-likeness (QED) is 0.500. The molecule has 3 rings (SSSR count). The van der Waals surface area contributed by atoms with E-state index in [-0.39, 0.29) is 11.7 Å². The lowest BCUT2D eigenvalue weighted by atomic mass is 10.1. The van der Waals surface area contributed by atoms with Crippen molar-refractivity contribution in [3.63, 3.8) is 0 Å². The van der Waals surface area contributed by atoms with Gasteiger partial charge >= 0.3 is 5.97 Å². The third-order valence-corrected chi connectivity index (χ3v) is 3.59. The fraction of sp³-hybridized carbons (Fsp3) is 0.240. The first-order chi connectivity index (χ1) is 13.1. The van der Waals surface area contributed by atoms with Gasteiger partial charge in [0, 0.05) is 11.1 Å². The van der Waals surface area contributed by atoms with E-state index in [2.05, 4.69) is 49.6 Å². The average molecular weight is 379 g/mol. The van der Waals surface area contributed by atoms with Crippen LogP contribution in [0.1, 0.15) is 44.4 Å². The van der Waals surface area contributed by atoms with Crippen LogP contribution in [0.25, 0.3) is 12.2 Å². The van der Waals surface area contributed by atoms with Gasteiger partial charge < -0.3 is 9.84 Å². The number of phenolic OH excluding ortho intramolecular Hbond substituents is 1. The van der Waals surface area contributed by atoms with E-state index >= 15 is 0 Å². The van der Waals surface area contributed by atoms with E-state index in [0.717, 1.165) is 12.0 Å². The Balaban J connectivity index is 0.000000210. The predicted octanol–water partition coefficient (Wildman–Crippen LogP) is 6.20. The zero-order valence-electron chi connectivity index (χ0n) is 17.2. The van der Waals surface area contributed by atoms with Crippen LogP contribution in [0, 0.1) is 0 Å². The van der Waals surface area contributed by atoms with Gasteiger partial charge in [0.1, 0.15) is 11.4 Å². The van der Waals surface area contributed by atoms with Crippen molar-refractivity contribution in [2.24, 2.45) is 0 Å². The van der Waals surface area contributed by atoms with Crippen molar-refractivity contribution in [2.75, 3.05) is 0 Å². The highest BCUT2D eigenvalue weighted by Crippen LogP contribution is 2.17. The van der Waals surface area contributed by atoms with Gasteiger partial charge in [0.05, 0.1) is 0 Å². The molecule has 0 saturated carbocycles. The Kier molecular flexibility index (Phi) is 8.97. The Morgan fingerprint density at radius 3 is 2.18 bits per heavy atom. The first-order valence-corrected chi connectivity index (χ1v) is 9.17. The van der Waals surface area contributed by atoms with Crippen molar-refractivity contribution in [2.45, 2.75) is 39.7 Å². The number of benzene rings is 2. The highest BCUT2D eigenvalue weighted by Gasteiger charge is 2.15. The zero-order valence-corrected chi connectivity index (χ0v) is 17.2. The Bertz CT molecular complexity index is 833. The third-order valence-electron chi connectivity index (χ3n) is 3.59. The van der Waals surface area contributed by atoms with Gasteiger partial charge in [-0.25, -0.2) is 4.79 Å². The predicted molar refractivity (Wildman–Crippen MR) is 118 cm³/mol. The zero-order chi connectivity index (χ0) is 21.2. The largest absolute Gasteiger partial charge is 0.507 e. The number of rotatable bonds is 2. The highest BCUT2D eigenvalue weighted by atomic mass is 16.6. The van der Waals surface area contributed by atoms with Crippen LogP contribution in [0.4, 0.5) is 0 Å². The van der Waals surface area contributed by atoms with Crippen molar-refractivity contribution in [3.8, 4) is 5.75 Å². The molecule has 3 nitrogen and oxygen atoms in total. The summed E-state index contributed by atoms with van der Waals surface area (Å²) in [6, 6.07) is 15.6. The first-order valence-electron chi connectivity index (χ1n) is 9.17. The number of carbonyl (C=O) groups excluding carboxylic acids is 1. The molecule has 0 spiro atoms. The van der Waals surface area contributed by atoms with Gasteiger partial charge in [-0.3, -0.25) is 0 Å². The average Bonchev–Trinajstić information content (AvgIpc) is 3.10. The monoisotopic (exact) mass is 378 g/mol. The maximum absolute atomic E-state index is 10.8. The molecule has 0 atom stereocenters. The van der Waals surface area contributed by atoms with E-state index in [0.29, 0.717) is 5.57 Å². The van der Waals surface area contributed by atoms with Crippen molar-refractivity contribution < 1.29 is 14.6 Å². The molecular formula is C25H30O3. The molecule has 0 saturated heterocycles. The minimum Gasteiger partial charge on any atom is -0.507 e. The number of esters is 1. The van der Waals surface area contributed by atoms with E-state index in [1.165, 1.54) is 11.1 Å². The van der Waals surface area contributed by atoms with Gasteiger partial charge in [0.2, 0.25) is 0 Å². The number of hydrogen-bond donors (Lipinski definition) is 1. The Labute approximate surface area is 168 Å². The number of phenols is 1. The van der Waals surface area contributed by atoms with Crippen LogP contribution in [0.3, 0.4) is 0 Å². The summed E-state index contributed by atoms with van der Waals surface area (Å²) < 4.78 is 4.96. The number of fused-ring (bicyclic) bond motifs is 1. The second-order valence-electron chi connectivity index (χ2n) is 7.35. The molecule has 1 aliphatic rings. The SMILES string of the molecule is C1=Cc2ccccc2C1.C=C(C)C(=O)OC(C)(C)C.C=Cc1ccccc1O. The second-order valence-corrected chi connectivity index (χ2v) is 7.35. The number of ether oxygens (including phenoxy) is 1. The van der Waals surface area contributed by atoms with Crippen LogP contribution in [0.2, 0.25) is 0 Å². The van der Waals surface area contributed by atoms with Gasteiger partial charge in [0.25, 0.3) is 0 Å². The van der Waals surface area contributed by atoms with Crippen LogP contribution in [-0.4, -0.2) is 16.7 Å². The topological polar surface area (TPSA) is 46.5 Å². The van der Waals surface area contributed by atoms with Crippen LogP contribution < -0.4 is 0 Å². The van der Waals surface area contributed by atoms with E-state index in [1.807, 2.05) is 32.9 Å². The fourth-order valence-corrected chi connectivity index (χ4v) is 2.22. The minimum absolute atomic E-state index is 0.285. The van der Waals surface area contributed by atoms with Gasteiger partial charge in [-0.05, 0) is 51.3 Å². The van der Waals surface area contributed by atoms with Gasteiger partial charge in [-0.1, -0.05) is 73.9 Å². The molecule has 0 aromatic heterocycles. The van der Waals surface area contributed by atoms with E-state index < -0.39 is 5.60 Å².